The molecule has 2 rings (SSSR count). The molecular weight excluding hydrogens is 269 g/mol. The highest BCUT2D eigenvalue weighted by Gasteiger charge is 2.21. The number of hydrogen-bond acceptors (Lipinski definition) is 3. The Bertz CT molecular complexity index is 628. The zero-order valence-electron chi connectivity index (χ0n) is 8.31. The molecule has 0 fully saturated rings. The summed E-state index contributed by atoms with van der Waals surface area (Å²) < 4.78 is 39.3. The third kappa shape index (κ3) is 2.40. The molecule has 2 N–H and O–H groups in total. The summed E-state index contributed by atoms with van der Waals surface area (Å²) >= 11 is 5.51. The van der Waals surface area contributed by atoms with Gasteiger partial charge in [0.1, 0.15) is 10.7 Å². The van der Waals surface area contributed by atoms with Gasteiger partial charge in [0.25, 0.3) is 10.0 Å². The Morgan fingerprint density at radius 2 is 2.12 bits per heavy atom. The van der Waals surface area contributed by atoms with Crippen LogP contribution in [0.3, 0.4) is 0 Å². The Morgan fingerprint density at radius 3 is 2.76 bits per heavy atom. The molecule has 0 spiro atoms. The monoisotopic (exact) mass is 275 g/mol. The van der Waals surface area contributed by atoms with Crippen molar-refractivity contribution in [3.63, 3.8) is 0 Å². The second-order valence-electron chi connectivity index (χ2n) is 3.13. The summed E-state index contributed by atoms with van der Waals surface area (Å²) in [6.07, 6.45) is 1.37. The minimum Gasteiger partial charge on any atom is -0.264 e. The number of aromatic nitrogens is 2. The molecule has 90 valence electrons. The average molecular weight is 276 g/mol. The van der Waals surface area contributed by atoms with Crippen molar-refractivity contribution < 1.29 is 12.8 Å². The van der Waals surface area contributed by atoms with Gasteiger partial charge in [-0.3, -0.25) is 9.82 Å². The number of anilines is 1. The molecule has 0 amide bonds. The Kier molecular flexibility index (Phi) is 3.03. The van der Waals surface area contributed by atoms with E-state index in [0.29, 0.717) is 0 Å². The first-order valence-corrected chi connectivity index (χ1v) is 6.33. The highest BCUT2D eigenvalue weighted by Crippen LogP contribution is 2.23. The van der Waals surface area contributed by atoms with Crippen molar-refractivity contribution in [1.29, 1.82) is 0 Å². The topological polar surface area (TPSA) is 74.8 Å². The minimum absolute atomic E-state index is 0.143. The van der Waals surface area contributed by atoms with E-state index in [0.717, 1.165) is 6.07 Å². The van der Waals surface area contributed by atoms with E-state index in [1.54, 1.807) is 0 Å². The van der Waals surface area contributed by atoms with Crippen LogP contribution in [0, 0.1) is 5.82 Å². The van der Waals surface area contributed by atoms with Gasteiger partial charge in [0.05, 0.1) is 11.2 Å². The lowest BCUT2D eigenvalue weighted by molar-refractivity contribution is 0.570. The molecule has 1 heterocycles. The molecule has 5 nitrogen and oxygen atoms in total. The van der Waals surface area contributed by atoms with E-state index in [9.17, 15) is 12.8 Å². The van der Waals surface area contributed by atoms with Crippen LogP contribution < -0.4 is 4.72 Å². The van der Waals surface area contributed by atoms with Gasteiger partial charge in [-0.25, -0.2) is 12.8 Å². The largest absolute Gasteiger partial charge is 0.266 e. The van der Waals surface area contributed by atoms with Gasteiger partial charge in [-0.1, -0.05) is 17.7 Å². The maximum atomic E-state index is 13.5. The van der Waals surface area contributed by atoms with Crippen LogP contribution in [-0.2, 0) is 10.0 Å². The molecule has 0 saturated heterocycles. The smallest absolute Gasteiger partial charge is 0.264 e. The number of nitrogens with zero attached hydrogens (tertiary/aromatic N) is 1. The first-order chi connectivity index (χ1) is 8.00. The summed E-state index contributed by atoms with van der Waals surface area (Å²) in [6, 6.07) is 5.15. The van der Waals surface area contributed by atoms with Crippen molar-refractivity contribution in [3.05, 3.63) is 41.3 Å². The van der Waals surface area contributed by atoms with Gasteiger partial charge in [0.15, 0.2) is 5.82 Å². The highest BCUT2D eigenvalue weighted by atomic mass is 35.5. The minimum atomic E-state index is -4.02. The molecule has 0 atom stereocenters. The predicted molar refractivity (Wildman–Crippen MR) is 60.8 cm³/mol. The summed E-state index contributed by atoms with van der Waals surface area (Å²) in [7, 11) is -4.02. The number of sulfonamides is 1. The maximum Gasteiger partial charge on any atom is 0.266 e. The van der Waals surface area contributed by atoms with Crippen LogP contribution in [0.25, 0.3) is 0 Å². The number of nitrogens with one attached hydrogen (secondary N) is 2. The zero-order chi connectivity index (χ0) is 12.5. The average Bonchev–Trinajstić information content (AvgIpc) is 2.73. The lowest BCUT2D eigenvalue weighted by Crippen LogP contribution is -2.15. The van der Waals surface area contributed by atoms with E-state index in [1.165, 1.54) is 24.4 Å². The van der Waals surface area contributed by atoms with Crippen molar-refractivity contribution in [2.45, 2.75) is 4.90 Å². The number of halogens is 2. The van der Waals surface area contributed by atoms with Crippen LogP contribution in [0.1, 0.15) is 0 Å². The van der Waals surface area contributed by atoms with Crippen LogP contribution in [0.15, 0.2) is 35.4 Å². The summed E-state index contributed by atoms with van der Waals surface area (Å²) in [4.78, 5) is -0.514. The van der Waals surface area contributed by atoms with E-state index in [-0.39, 0.29) is 10.8 Å². The van der Waals surface area contributed by atoms with Crippen molar-refractivity contribution >= 4 is 27.4 Å². The third-order valence-electron chi connectivity index (χ3n) is 1.95. The number of aromatic amines is 1. The molecule has 1 aromatic heterocycles. The van der Waals surface area contributed by atoms with E-state index in [1.807, 2.05) is 0 Å². The molecule has 0 saturated carbocycles. The first kappa shape index (κ1) is 11.9. The number of hydrogen-bond donors (Lipinski definition) is 2. The van der Waals surface area contributed by atoms with Crippen LogP contribution >= 0.6 is 11.6 Å². The SMILES string of the molecule is O=S(=O)(Nc1ccn[nH]1)c1cccc(Cl)c1F. The van der Waals surface area contributed by atoms with Crippen molar-refractivity contribution in [2.75, 3.05) is 4.72 Å². The summed E-state index contributed by atoms with van der Waals surface area (Å²) in [5.41, 5.74) is 0. The van der Waals surface area contributed by atoms with E-state index >= 15 is 0 Å². The van der Waals surface area contributed by atoms with E-state index < -0.39 is 20.7 Å². The standard InChI is InChI=1S/C9H7ClFN3O2S/c10-6-2-1-3-7(9(6)11)17(15,16)14-8-4-5-12-13-8/h1-5H,(H2,12,13,14). The molecule has 0 bridgehead atoms. The second-order valence-corrected chi connectivity index (χ2v) is 5.19. The molecule has 2 aromatic rings. The number of H-pyrrole nitrogens is 1. The van der Waals surface area contributed by atoms with Gasteiger partial charge >= 0.3 is 0 Å². The van der Waals surface area contributed by atoms with Gasteiger partial charge in [-0.2, -0.15) is 5.10 Å². The quantitative estimate of drug-likeness (QED) is 0.900. The fourth-order valence-corrected chi connectivity index (χ4v) is 2.55. The fourth-order valence-electron chi connectivity index (χ4n) is 1.20. The van der Waals surface area contributed by atoms with Gasteiger partial charge in [0.2, 0.25) is 0 Å². The highest BCUT2D eigenvalue weighted by molar-refractivity contribution is 7.92. The van der Waals surface area contributed by atoms with E-state index in [4.69, 9.17) is 11.6 Å². The van der Waals surface area contributed by atoms with Gasteiger partial charge in [-0.15, -0.1) is 0 Å². The molecule has 1 aromatic carbocycles. The zero-order valence-corrected chi connectivity index (χ0v) is 9.89. The van der Waals surface area contributed by atoms with Crippen LogP contribution in [0.2, 0.25) is 5.02 Å². The first-order valence-electron chi connectivity index (χ1n) is 4.47. The van der Waals surface area contributed by atoms with Crippen molar-refractivity contribution in [1.82, 2.24) is 10.2 Å². The lowest BCUT2D eigenvalue weighted by Gasteiger charge is -2.07. The maximum absolute atomic E-state index is 13.5. The fraction of sp³-hybridized carbons (Fsp3) is 0. The van der Waals surface area contributed by atoms with Crippen LogP contribution in [-0.4, -0.2) is 18.6 Å². The molecule has 0 aliphatic heterocycles. The normalized spacial score (nSPS) is 11.4. The molecule has 0 aliphatic carbocycles. The van der Waals surface area contributed by atoms with Crippen molar-refractivity contribution in [3.8, 4) is 0 Å². The summed E-state index contributed by atoms with van der Waals surface area (Å²) in [5.74, 6) is -0.842. The Hall–Kier alpha value is -1.60. The van der Waals surface area contributed by atoms with Crippen molar-refractivity contribution in [2.24, 2.45) is 0 Å². The Balaban J connectivity index is 2.42. The summed E-state index contributed by atoms with van der Waals surface area (Å²) in [5, 5.41) is 5.72. The van der Waals surface area contributed by atoms with Gasteiger partial charge in [-0.05, 0) is 12.1 Å². The number of benzene rings is 1. The Morgan fingerprint density at radius 1 is 1.35 bits per heavy atom. The predicted octanol–water partition coefficient (Wildman–Crippen LogP) is 2.00. The Labute approximate surface area is 102 Å². The molecule has 17 heavy (non-hydrogen) atoms. The molecule has 8 heteroatoms. The molecule has 0 unspecified atom stereocenters. The van der Waals surface area contributed by atoms with Crippen LogP contribution in [0.5, 0.6) is 0 Å². The second kappa shape index (κ2) is 4.34. The van der Waals surface area contributed by atoms with E-state index in [2.05, 4.69) is 14.9 Å². The molecule has 0 aliphatic rings. The van der Waals surface area contributed by atoms with Gasteiger partial charge in [0, 0.05) is 6.07 Å². The summed E-state index contributed by atoms with van der Waals surface area (Å²) in [6.45, 7) is 0. The van der Waals surface area contributed by atoms with Gasteiger partial charge < -0.3 is 0 Å². The van der Waals surface area contributed by atoms with Crippen LogP contribution in [0.4, 0.5) is 10.2 Å². The third-order valence-corrected chi connectivity index (χ3v) is 3.63. The number of rotatable bonds is 3. The molecular formula is C9H7ClFN3O2S. The lowest BCUT2D eigenvalue weighted by atomic mass is 10.3. The molecule has 0 radical (unpaired) electrons.